The van der Waals surface area contributed by atoms with Crippen molar-refractivity contribution in [3.8, 4) is 0 Å². The fourth-order valence-corrected chi connectivity index (χ4v) is 4.79. The molecule has 0 bridgehead atoms. The first-order chi connectivity index (χ1) is 13.7. The maximum atomic E-state index is 14.4. The zero-order valence-electron chi connectivity index (χ0n) is 15.6. The number of aromatic amines is 1. The third kappa shape index (κ3) is 4.02. The molecular weight excluding hydrogens is 465 g/mol. The molecule has 156 valence electrons. The van der Waals surface area contributed by atoms with Crippen molar-refractivity contribution in [3.05, 3.63) is 40.4 Å². The summed E-state index contributed by atoms with van der Waals surface area (Å²) in [7, 11) is -3.22. The van der Waals surface area contributed by atoms with Crippen LogP contribution in [0.1, 0.15) is 18.4 Å². The largest absolute Gasteiger partial charge is 0.365 e. The molecule has 2 aromatic rings. The van der Waals surface area contributed by atoms with Gasteiger partial charge in [-0.05, 0) is 40.9 Å². The van der Waals surface area contributed by atoms with Gasteiger partial charge in [-0.1, -0.05) is 6.07 Å². The number of hydrogen-bond acceptors (Lipinski definition) is 7. The lowest BCUT2D eigenvalue weighted by atomic mass is 10.0. The first-order valence-corrected chi connectivity index (χ1v) is 11.7. The summed E-state index contributed by atoms with van der Waals surface area (Å²) in [6.45, 7) is 0.763. The van der Waals surface area contributed by atoms with Crippen LogP contribution in [0.5, 0.6) is 0 Å². The van der Waals surface area contributed by atoms with Crippen LogP contribution in [0.3, 0.4) is 0 Å². The van der Waals surface area contributed by atoms with Crippen molar-refractivity contribution >= 4 is 42.7 Å². The van der Waals surface area contributed by atoms with E-state index in [9.17, 15) is 12.8 Å². The standard InChI is InChI=1S/C17H21BrFN7O2S/c1-29(27,28)26-6-4-11(5-7-26)22-16-13(19)9-21-17(20,23-16)10-2-3-14-12(8-10)15(18)25-24-14/h2-3,8-9,11,21H,4-7,20H2,1H3,(H,22,23)(H,24,25). The molecule has 4 rings (SSSR count). The van der Waals surface area contributed by atoms with Crippen LogP contribution in [0.2, 0.25) is 0 Å². The monoisotopic (exact) mass is 485 g/mol. The summed E-state index contributed by atoms with van der Waals surface area (Å²) >= 11 is 3.38. The number of aliphatic imine (C=N–C) groups is 1. The van der Waals surface area contributed by atoms with Crippen LogP contribution < -0.4 is 16.4 Å². The summed E-state index contributed by atoms with van der Waals surface area (Å²) in [6, 6.07) is 5.36. The molecule has 0 amide bonds. The van der Waals surface area contributed by atoms with Crippen LogP contribution in [0.4, 0.5) is 4.39 Å². The Balaban J connectivity index is 1.55. The van der Waals surface area contributed by atoms with Gasteiger partial charge in [0.05, 0.1) is 11.8 Å². The molecule has 29 heavy (non-hydrogen) atoms. The highest BCUT2D eigenvalue weighted by Crippen LogP contribution is 2.28. The van der Waals surface area contributed by atoms with Crippen LogP contribution >= 0.6 is 15.9 Å². The fraction of sp³-hybridized carbons (Fsp3) is 0.412. The number of hydrogen-bond donors (Lipinski definition) is 4. The van der Waals surface area contributed by atoms with Gasteiger partial charge in [0.25, 0.3) is 0 Å². The number of nitrogens with zero attached hydrogens (tertiary/aromatic N) is 3. The lowest BCUT2D eigenvalue weighted by Crippen LogP contribution is -2.53. The minimum absolute atomic E-state index is 0.0513. The van der Waals surface area contributed by atoms with Gasteiger partial charge >= 0.3 is 0 Å². The number of halogens is 2. The molecule has 0 saturated carbocycles. The molecule has 3 heterocycles. The Hall–Kier alpha value is -2.02. The van der Waals surface area contributed by atoms with E-state index in [1.54, 1.807) is 6.07 Å². The Morgan fingerprint density at radius 3 is 2.79 bits per heavy atom. The number of H-pyrrole nitrogens is 1. The van der Waals surface area contributed by atoms with Gasteiger partial charge in [-0.2, -0.15) is 5.10 Å². The highest BCUT2D eigenvalue weighted by molar-refractivity contribution is 9.10. The number of aromatic nitrogens is 2. The Kier molecular flexibility index (Phi) is 5.13. The molecule has 12 heteroatoms. The van der Waals surface area contributed by atoms with E-state index in [1.807, 2.05) is 12.1 Å². The third-order valence-corrected chi connectivity index (χ3v) is 7.06. The fourth-order valence-electron chi connectivity index (χ4n) is 3.50. The van der Waals surface area contributed by atoms with E-state index in [2.05, 4.69) is 41.8 Å². The Bertz CT molecular complexity index is 1110. The number of amidine groups is 1. The Morgan fingerprint density at radius 2 is 2.10 bits per heavy atom. The number of sulfonamides is 1. The highest BCUT2D eigenvalue weighted by atomic mass is 79.9. The molecule has 1 saturated heterocycles. The molecule has 1 atom stereocenters. The number of fused-ring (bicyclic) bond motifs is 1. The summed E-state index contributed by atoms with van der Waals surface area (Å²) < 4.78 is 39.8. The van der Waals surface area contributed by atoms with Crippen LogP contribution in [0, 0.1) is 0 Å². The molecule has 2 aliphatic rings. The number of rotatable bonds is 3. The molecule has 2 aliphatic heterocycles. The van der Waals surface area contributed by atoms with Crippen molar-refractivity contribution < 1.29 is 12.8 Å². The predicted octanol–water partition coefficient (Wildman–Crippen LogP) is 1.22. The minimum Gasteiger partial charge on any atom is -0.365 e. The summed E-state index contributed by atoms with van der Waals surface area (Å²) in [5.74, 6) is -1.85. The highest BCUT2D eigenvalue weighted by Gasteiger charge is 2.33. The second-order valence-electron chi connectivity index (χ2n) is 7.22. The minimum atomic E-state index is -3.22. The number of nitrogens with two attached hydrogens (primary N) is 1. The number of benzene rings is 1. The molecular formula is C17H21BrFN7O2S. The van der Waals surface area contributed by atoms with E-state index in [-0.39, 0.29) is 11.9 Å². The first kappa shape index (κ1) is 20.3. The van der Waals surface area contributed by atoms with Gasteiger partial charge in [-0.25, -0.2) is 22.1 Å². The van der Waals surface area contributed by atoms with E-state index in [4.69, 9.17) is 5.73 Å². The molecule has 1 unspecified atom stereocenters. The van der Waals surface area contributed by atoms with Crippen molar-refractivity contribution in [2.75, 3.05) is 19.3 Å². The van der Waals surface area contributed by atoms with Gasteiger partial charge in [0.1, 0.15) is 4.60 Å². The van der Waals surface area contributed by atoms with E-state index >= 15 is 0 Å². The maximum absolute atomic E-state index is 14.4. The van der Waals surface area contributed by atoms with Crippen LogP contribution in [0.25, 0.3) is 10.9 Å². The third-order valence-electron chi connectivity index (χ3n) is 5.15. The van der Waals surface area contributed by atoms with E-state index in [0.717, 1.165) is 10.9 Å². The number of piperidine rings is 1. The van der Waals surface area contributed by atoms with Crippen LogP contribution in [0.15, 0.2) is 39.8 Å². The average molecular weight is 486 g/mol. The summed E-state index contributed by atoms with van der Waals surface area (Å²) in [6.07, 6.45) is 3.49. The zero-order chi connectivity index (χ0) is 20.8. The zero-order valence-corrected chi connectivity index (χ0v) is 18.0. The van der Waals surface area contributed by atoms with Gasteiger partial charge in [0.15, 0.2) is 11.7 Å². The maximum Gasteiger partial charge on any atom is 0.211 e. The molecule has 1 aromatic carbocycles. The normalized spacial score (nSPS) is 24.1. The van der Waals surface area contributed by atoms with Gasteiger partial charge in [0, 0.05) is 36.3 Å². The molecule has 5 N–H and O–H groups in total. The van der Waals surface area contributed by atoms with Crippen molar-refractivity contribution in [3.63, 3.8) is 0 Å². The SMILES string of the molecule is CS(=O)(=O)N1CCC(NC2=NC(N)(c3ccc4[nH]nc(Br)c4c3)NC=C2F)CC1. The van der Waals surface area contributed by atoms with Gasteiger partial charge in [0.2, 0.25) is 15.8 Å². The van der Waals surface area contributed by atoms with Crippen molar-refractivity contribution in [1.29, 1.82) is 0 Å². The predicted molar refractivity (Wildman–Crippen MR) is 112 cm³/mol. The average Bonchev–Trinajstić information content (AvgIpc) is 3.05. The Morgan fingerprint density at radius 1 is 1.38 bits per heavy atom. The smallest absolute Gasteiger partial charge is 0.211 e. The topological polar surface area (TPSA) is 128 Å². The van der Waals surface area contributed by atoms with E-state index < -0.39 is 21.6 Å². The van der Waals surface area contributed by atoms with Crippen molar-refractivity contribution in [1.82, 2.24) is 25.1 Å². The second kappa shape index (κ2) is 7.35. The van der Waals surface area contributed by atoms with E-state index in [1.165, 1.54) is 16.8 Å². The van der Waals surface area contributed by atoms with E-state index in [0.29, 0.717) is 36.1 Å². The van der Waals surface area contributed by atoms with Gasteiger partial charge < -0.3 is 10.6 Å². The molecule has 1 aromatic heterocycles. The van der Waals surface area contributed by atoms with Crippen LogP contribution in [-0.4, -0.2) is 54.1 Å². The molecule has 0 aliphatic carbocycles. The molecule has 1 fully saturated rings. The summed E-state index contributed by atoms with van der Waals surface area (Å²) in [5, 5.41) is 13.7. The summed E-state index contributed by atoms with van der Waals surface area (Å²) in [5.41, 5.74) is 7.92. The van der Waals surface area contributed by atoms with Crippen molar-refractivity contribution in [2.24, 2.45) is 10.7 Å². The second-order valence-corrected chi connectivity index (χ2v) is 9.95. The van der Waals surface area contributed by atoms with Gasteiger partial charge in [-0.3, -0.25) is 10.8 Å². The van der Waals surface area contributed by atoms with Crippen molar-refractivity contribution in [2.45, 2.75) is 24.7 Å². The lowest BCUT2D eigenvalue weighted by molar-refractivity contribution is 0.306. The van der Waals surface area contributed by atoms with Crippen LogP contribution in [-0.2, 0) is 15.8 Å². The summed E-state index contributed by atoms with van der Waals surface area (Å²) in [4.78, 5) is 4.40. The first-order valence-electron chi connectivity index (χ1n) is 9.04. The molecule has 0 radical (unpaired) electrons. The molecule has 0 spiro atoms. The number of nitrogens with one attached hydrogen (secondary N) is 3. The van der Waals surface area contributed by atoms with Gasteiger partial charge in [-0.15, -0.1) is 0 Å². The quantitative estimate of drug-likeness (QED) is 0.517. The molecule has 9 nitrogen and oxygen atoms in total. The Labute approximate surface area is 175 Å². The lowest BCUT2D eigenvalue weighted by Gasteiger charge is -2.34.